The molecule has 9 nitrogen and oxygen atoms in total. The Kier molecular flexibility index (Phi) is 5.37. The number of amides is 1. The molecule has 136 valence electrons. The molecule has 2 aromatic heterocycles. The molecule has 0 radical (unpaired) electrons. The van der Waals surface area contributed by atoms with Crippen molar-refractivity contribution in [3.05, 3.63) is 53.4 Å². The molecule has 2 heterocycles. The molecule has 0 unspecified atom stereocenters. The van der Waals surface area contributed by atoms with Crippen molar-refractivity contribution in [3.8, 4) is 0 Å². The zero-order valence-corrected chi connectivity index (χ0v) is 15.0. The Morgan fingerprint density at radius 1 is 1.35 bits per heavy atom. The first kappa shape index (κ1) is 17.7. The van der Waals surface area contributed by atoms with Crippen LogP contribution in [-0.4, -0.2) is 42.3 Å². The lowest BCUT2D eigenvalue weighted by atomic mass is 10.1. The summed E-state index contributed by atoms with van der Waals surface area (Å²) in [6, 6.07) is 7.47. The van der Waals surface area contributed by atoms with Crippen LogP contribution in [0.1, 0.15) is 34.6 Å². The summed E-state index contributed by atoms with van der Waals surface area (Å²) in [6.07, 6.45) is 1.53. The molecule has 9 heteroatoms. The molecule has 0 bridgehead atoms. The monoisotopic (exact) mass is 355 g/mol. The van der Waals surface area contributed by atoms with Gasteiger partial charge in [-0.15, -0.1) is 5.10 Å². The second kappa shape index (κ2) is 7.87. The van der Waals surface area contributed by atoms with Crippen LogP contribution in [0, 0.1) is 6.92 Å². The molecule has 0 aliphatic rings. The molecular weight excluding hydrogens is 334 g/mol. The first-order valence-electron chi connectivity index (χ1n) is 8.31. The van der Waals surface area contributed by atoms with E-state index in [9.17, 15) is 4.79 Å². The Morgan fingerprint density at radius 2 is 2.19 bits per heavy atom. The van der Waals surface area contributed by atoms with Crippen LogP contribution in [0.3, 0.4) is 0 Å². The fourth-order valence-corrected chi connectivity index (χ4v) is 2.51. The van der Waals surface area contributed by atoms with E-state index < -0.39 is 0 Å². The maximum absolute atomic E-state index is 12.4. The van der Waals surface area contributed by atoms with Crippen molar-refractivity contribution in [1.29, 1.82) is 0 Å². The molecular formula is C17H21N7O2. The molecule has 0 saturated carbocycles. The predicted octanol–water partition coefficient (Wildman–Crippen LogP) is 1.78. The van der Waals surface area contributed by atoms with Gasteiger partial charge in [-0.3, -0.25) is 19.7 Å². The van der Waals surface area contributed by atoms with Crippen LogP contribution >= 0.6 is 0 Å². The SMILES string of the molecule is CCN(Cc1cccc(C(=O)Nc2ncn(C)n2)c1)Cc1nc(C)no1. The van der Waals surface area contributed by atoms with E-state index in [1.54, 1.807) is 20.0 Å². The lowest BCUT2D eigenvalue weighted by Gasteiger charge is -2.18. The average molecular weight is 355 g/mol. The summed E-state index contributed by atoms with van der Waals surface area (Å²) in [5.41, 5.74) is 1.57. The molecule has 0 fully saturated rings. The lowest BCUT2D eigenvalue weighted by molar-refractivity contribution is 0.102. The summed E-state index contributed by atoms with van der Waals surface area (Å²) < 4.78 is 6.71. The van der Waals surface area contributed by atoms with Gasteiger partial charge in [0.15, 0.2) is 5.82 Å². The number of carbonyl (C=O) groups is 1. The first-order valence-corrected chi connectivity index (χ1v) is 8.31. The molecule has 0 aliphatic heterocycles. The molecule has 0 spiro atoms. The van der Waals surface area contributed by atoms with Gasteiger partial charge in [0.1, 0.15) is 6.33 Å². The highest BCUT2D eigenvalue weighted by molar-refractivity contribution is 6.03. The number of benzene rings is 1. The van der Waals surface area contributed by atoms with Crippen molar-refractivity contribution in [2.75, 3.05) is 11.9 Å². The number of aromatic nitrogens is 5. The lowest BCUT2D eigenvalue weighted by Crippen LogP contribution is -2.23. The van der Waals surface area contributed by atoms with E-state index in [1.807, 2.05) is 18.2 Å². The number of hydrogen-bond donors (Lipinski definition) is 1. The summed E-state index contributed by atoms with van der Waals surface area (Å²) in [5.74, 6) is 1.25. The summed E-state index contributed by atoms with van der Waals surface area (Å²) in [7, 11) is 1.74. The van der Waals surface area contributed by atoms with Crippen LogP contribution in [0.2, 0.25) is 0 Å². The Balaban J connectivity index is 1.66. The zero-order chi connectivity index (χ0) is 18.5. The molecule has 1 amide bonds. The minimum Gasteiger partial charge on any atom is -0.338 e. The van der Waals surface area contributed by atoms with Gasteiger partial charge >= 0.3 is 0 Å². The zero-order valence-electron chi connectivity index (χ0n) is 15.0. The molecule has 3 aromatic rings. The van der Waals surface area contributed by atoms with Crippen LogP contribution in [-0.2, 0) is 20.1 Å². The van der Waals surface area contributed by atoms with Crippen LogP contribution in [0.5, 0.6) is 0 Å². The van der Waals surface area contributed by atoms with E-state index in [4.69, 9.17) is 4.52 Å². The fourth-order valence-electron chi connectivity index (χ4n) is 2.51. The number of aryl methyl sites for hydroxylation is 2. The van der Waals surface area contributed by atoms with Gasteiger partial charge in [-0.2, -0.15) is 4.98 Å². The van der Waals surface area contributed by atoms with Crippen molar-refractivity contribution in [2.45, 2.75) is 26.9 Å². The Labute approximate surface area is 151 Å². The smallest absolute Gasteiger partial charge is 0.258 e. The van der Waals surface area contributed by atoms with Crippen LogP contribution < -0.4 is 5.32 Å². The third-order valence-electron chi connectivity index (χ3n) is 3.80. The molecule has 1 aromatic carbocycles. The van der Waals surface area contributed by atoms with Gasteiger partial charge in [-0.1, -0.05) is 24.2 Å². The third-order valence-corrected chi connectivity index (χ3v) is 3.80. The number of nitrogens with one attached hydrogen (secondary N) is 1. The fraction of sp³-hybridized carbons (Fsp3) is 0.353. The van der Waals surface area contributed by atoms with Crippen molar-refractivity contribution in [3.63, 3.8) is 0 Å². The Bertz CT molecular complexity index is 887. The van der Waals surface area contributed by atoms with Gasteiger partial charge in [0, 0.05) is 19.2 Å². The Morgan fingerprint density at radius 3 is 2.85 bits per heavy atom. The van der Waals surface area contributed by atoms with Crippen molar-refractivity contribution in [1.82, 2.24) is 29.8 Å². The van der Waals surface area contributed by atoms with Crippen LogP contribution in [0.15, 0.2) is 35.1 Å². The number of carbonyl (C=O) groups excluding carboxylic acids is 1. The van der Waals surface area contributed by atoms with Crippen molar-refractivity contribution in [2.24, 2.45) is 7.05 Å². The van der Waals surface area contributed by atoms with Crippen LogP contribution in [0.25, 0.3) is 0 Å². The van der Waals surface area contributed by atoms with Crippen molar-refractivity contribution >= 4 is 11.9 Å². The summed E-state index contributed by atoms with van der Waals surface area (Å²) >= 11 is 0. The highest BCUT2D eigenvalue weighted by Gasteiger charge is 2.13. The topological polar surface area (TPSA) is 102 Å². The van der Waals surface area contributed by atoms with E-state index in [-0.39, 0.29) is 11.9 Å². The van der Waals surface area contributed by atoms with E-state index in [2.05, 4.69) is 37.4 Å². The van der Waals surface area contributed by atoms with Gasteiger partial charge in [0.2, 0.25) is 11.8 Å². The largest absolute Gasteiger partial charge is 0.338 e. The highest BCUT2D eigenvalue weighted by atomic mass is 16.5. The molecule has 0 saturated heterocycles. The summed E-state index contributed by atoms with van der Waals surface area (Å²) in [4.78, 5) is 22.8. The normalized spacial score (nSPS) is 11.1. The van der Waals surface area contributed by atoms with E-state index >= 15 is 0 Å². The van der Waals surface area contributed by atoms with E-state index in [1.165, 1.54) is 11.0 Å². The van der Waals surface area contributed by atoms with Gasteiger partial charge in [-0.25, -0.2) is 4.98 Å². The Hall–Kier alpha value is -3.07. The van der Waals surface area contributed by atoms with E-state index in [0.717, 1.165) is 12.1 Å². The number of nitrogens with zero attached hydrogens (tertiary/aromatic N) is 6. The second-order valence-electron chi connectivity index (χ2n) is 5.93. The second-order valence-corrected chi connectivity index (χ2v) is 5.93. The summed E-state index contributed by atoms with van der Waals surface area (Å²) in [6.45, 7) is 5.90. The quantitative estimate of drug-likeness (QED) is 0.689. The third kappa shape index (κ3) is 4.51. The molecule has 3 rings (SSSR count). The van der Waals surface area contributed by atoms with E-state index in [0.29, 0.717) is 30.4 Å². The standard InChI is InChI=1S/C17H21N7O2/c1-4-24(10-15-19-12(2)22-26-15)9-13-6-5-7-14(8-13)16(25)20-17-18-11-23(3)21-17/h5-8,11H,4,9-10H2,1-3H3,(H,20,21,25). The van der Waals surface area contributed by atoms with Gasteiger partial charge < -0.3 is 4.52 Å². The number of anilines is 1. The minimum absolute atomic E-state index is 0.242. The predicted molar refractivity (Wildman–Crippen MR) is 94.2 cm³/mol. The molecule has 0 atom stereocenters. The first-order chi connectivity index (χ1) is 12.5. The summed E-state index contributed by atoms with van der Waals surface area (Å²) in [5, 5.41) is 10.5. The van der Waals surface area contributed by atoms with Gasteiger partial charge in [0.25, 0.3) is 5.91 Å². The van der Waals surface area contributed by atoms with Gasteiger partial charge in [-0.05, 0) is 31.2 Å². The number of rotatable bonds is 7. The maximum atomic E-state index is 12.4. The highest BCUT2D eigenvalue weighted by Crippen LogP contribution is 2.12. The van der Waals surface area contributed by atoms with Crippen molar-refractivity contribution < 1.29 is 9.32 Å². The van der Waals surface area contributed by atoms with Gasteiger partial charge in [0.05, 0.1) is 6.54 Å². The minimum atomic E-state index is -0.242. The molecule has 0 aliphatic carbocycles. The molecule has 26 heavy (non-hydrogen) atoms. The van der Waals surface area contributed by atoms with Crippen LogP contribution in [0.4, 0.5) is 5.95 Å². The maximum Gasteiger partial charge on any atom is 0.258 e. The number of hydrogen-bond acceptors (Lipinski definition) is 7. The molecule has 1 N–H and O–H groups in total. The average Bonchev–Trinajstić information content (AvgIpc) is 3.22.